The van der Waals surface area contributed by atoms with E-state index in [4.69, 9.17) is 0 Å². The molecule has 5 rings (SSSR count). The summed E-state index contributed by atoms with van der Waals surface area (Å²) in [6.07, 6.45) is 6.36. The van der Waals surface area contributed by atoms with Gasteiger partial charge in [0, 0.05) is 5.41 Å². The predicted octanol–water partition coefficient (Wildman–Crippen LogP) is 5.07. The van der Waals surface area contributed by atoms with Gasteiger partial charge in [0.1, 0.15) is 0 Å². The third kappa shape index (κ3) is 2.87. The number of nitrogens with one attached hydrogen (secondary N) is 1. The van der Waals surface area contributed by atoms with Crippen molar-refractivity contribution >= 4 is 0 Å². The second-order valence-electron chi connectivity index (χ2n) is 8.28. The lowest BCUT2D eigenvalue weighted by atomic mass is 9.67. The molecule has 0 aliphatic heterocycles. The van der Waals surface area contributed by atoms with Gasteiger partial charge in [0.25, 0.3) is 0 Å². The van der Waals surface area contributed by atoms with Crippen LogP contribution < -0.4 is 5.32 Å². The molecule has 3 aromatic rings. The van der Waals surface area contributed by atoms with Crippen LogP contribution in [0.25, 0.3) is 11.1 Å². The van der Waals surface area contributed by atoms with Gasteiger partial charge in [0.15, 0.2) is 6.19 Å². The number of aryl methyl sites for hydroxylation is 1. The predicted molar refractivity (Wildman–Crippen MR) is 113 cm³/mol. The Hall–Kier alpha value is -3.56. The molecule has 0 saturated heterocycles. The van der Waals surface area contributed by atoms with E-state index >= 15 is 0 Å². The maximum Gasteiger partial charge on any atom is 0.177 e. The van der Waals surface area contributed by atoms with Crippen LogP contribution in [0.1, 0.15) is 40.3 Å². The molecule has 1 N–H and O–H groups in total. The van der Waals surface area contributed by atoms with Crippen LogP contribution in [0.4, 0.5) is 0 Å². The molecule has 29 heavy (non-hydrogen) atoms. The molecule has 0 radical (unpaired) electrons. The Labute approximate surface area is 171 Å². The molecule has 1 spiro atoms. The monoisotopic (exact) mass is 375 g/mol. The summed E-state index contributed by atoms with van der Waals surface area (Å²) >= 11 is 0. The van der Waals surface area contributed by atoms with Gasteiger partial charge < -0.3 is 5.32 Å². The highest BCUT2D eigenvalue weighted by atomic mass is 14.9. The van der Waals surface area contributed by atoms with Crippen molar-refractivity contribution < 1.29 is 0 Å². The van der Waals surface area contributed by atoms with Crippen molar-refractivity contribution in [1.82, 2.24) is 5.32 Å². The van der Waals surface area contributed by atoms with Gasteiger partial charge in [-0.25, -0.2) is 0 Å². The van der Waals surface area contributed by atoms with Crippen molar-refractivity contribution in [2.45, 2.75) is 31.7 Å². The quantitative estimate of drug-likeness (QED) is 0.502. The molecule has 0 fully saturated rings. The standard InChI is InChI=1S/C26H21N3/c27-16-18-4-3-7-20(12-18)21-8-9-23-15-26(25(29-17-28)24(23)13-21)11-10-19-5-1-2-6-22(19)14-26/h1-9,12-13,25,29H,10-11,14-15H2. The Morgan fingerprint density at radius 2 is 1.62 bits per heavy atom. The van der Waals surface area contributed by atoms with Crippen molar-refractivity contribution in [3.8, 4) is 23.4 Å². The summed E-state index contributed by atoms with van der Waals surface area (Å²) in [5.74, 6) is 0. The molecule has 3 nitrogen and oxygen atoms in total. The van der Waals surface area contributed by atoms with E-state index in [-0.39, 0.29) is 11.5 Å². The summed E-state index contributed by atoms with van der Waals surface area (Å²) in [6.45, 7) is 0. The summed E-state index contributed by atoms with van der Waals surface area (Å²) < 4.78 is 0. The van der Waals surface area contributed by atoms with Crippen molar-refractivity contribution in [3.63, 3.8) is 0 Å². The molecule has 0 amide bonds. The van der Waals surface area contributed by atoms with E-state index in [1.807, 2.05) is 24.3 Å². The molecule has 140 valence electrons. The van der Waals surface area contributed by atoms with E-state index in [2.05, 4.69) is 60.0 Å². The van der Waals surface area contributed by atoms with Crippen molar-refractivity contribution in [2.75, 3.05) is 0 Å². The fourth-order valence-corrected chi connectivity index (χ4v) is 5.30. The Kier molecular flexibility index (Phi) is 4.11. The topological polar surface area (TPSA) is 59.6 Å². The van der Waals surface area contributed by atoms with Crippen LogP contribution in [-0.2, 0) is 19.3 Å². The number of nitriles is 2. The third-order valence-corrected chi connectivity index (χ3v) is 6.70. The van der Waals surface area contributed by atoms with E-state index < -0.39 is 0 Å². The smallest absolute Gasteiger partial charge is 0.177 e. The largest absolute Gasteiger partial charge is 0.316 e. The maximum atomic E-state index is 9.52. The van der Waals surface area contributed by atoms with Gasteiger partial charge in [0.05, 0.1) is 17.7 Å². The summed E-state index contributed by atoms with van der Waals surface area (Å²) in [5, 5.41) is 21.9. The van der Waals surface area contributed by atoms with Gasteiger partial charge in [-0.1, -0.05) is 48.5 Å². The minimum Gasteiger partial charge on any atom is -0.316 e. The molecule has 2 aliphatic carbocycles. The summed E-state index contributed by atoms with van der Waals surface area (Å²) in [5.41, 5.74) is 8.26. The van der Waals surface area contributed by atoms with E-state index in [0.29, 0.717) is 5.56 Å². The zero-order chi connectivity index (χ0) is 19.8. The lowest BCUT2D eigenvalue weighted by molar-refractivity contribution is 0.194. The average molecular weight is 375 g/mol. The summed E-state index contributed by atoms with van der Waals surface area (Å²) in [6, 6.07) is 25.2. The van der Waals surface area contributed by atoms with E-state index in [0.717, 1.165) is 36.8 Å². The second-order valence-corrected chi connectivity index (χ2v) is 8.28. The average Bonchev–Trinajstić information content (AvgIpc) is 3.06. The first-order valence-electron chi connectivity index (χ1n) is 10.1. The highest BCUT2D eigenvalue weighted by Gasteiger charge is 2.47. The molecule has 0 aromatic heterocycles. The zero-order valence-electron chi connectivity index (χ0n) is 16.2. The van der Waals surface area contributed by atoms with Crippen LogP contribution in [-0.4, -0.2) is 0 Å². The molecule has 0 heterocycles. The molecular weight excluding hydrogens is 354 g/mol. The first kappa shape index (κ1) is 17.5. The van der Waals surface area contributed by atoms with Gasteiger partial charge in [-0.2, -0.15) is 10.5 Å². The number of hydrogen-bond acceptors (Lipinski definition) is 3. The fourth-order valence-electron chi connectivity index (χ4n) is 5.30. The van der Waals surface area contributed by atoms with Crippen molar-refractivity contribution in [1.29, 1.82) is 10.5 Å². The van der Waals surface area contributed by atoms with Gasteiger partial charge in [-0.15, -0.1) is 0 Å². The van der Waals surface area contributed by atoms with Crippen LogP contribution in [0.2, 0.25) is 0 Å². The number of fused-ring (bicyclic) bond motifs is 2. The number of hydrogen-bond donors (Lipinski definition) is 1. The molecule has 3 heteroatoms. The number of nitrogens with zero attached hydrogens (tertiary/aromatic N) is 2. The Bertz CT molecular complexity index is 1180. The highest BCUT2D eigenvalue weighted by molar-refractivity contribution is 5.67. The van der Waals surface area contributed by atoms with Gasteiger partial charge >= 0.3 is 0 Å². The van der Waals surface area contributed by atoms with E-state index in [9.17, 15) is 10.5 Å². The maximum absolute atomic E-state index is 9.52. The molecular formula is C26H21N3. The normalized spacial score (nSPS) is 21.7. The number of benzene rings is 3. The highest BCUT2D eigenvalue weighted by Crippen LogP contribution is 2.53. The van der Waals surface area contributed by atoms with Crippen molar-refractivity contribution in [2.24, 2.45) is 5.41 Å². The molecule has 2 aliphatic rings. The van der Waals surface area contributed by atoms with Gasteiger partial charge in [0.2, 0.25) is 0 Å². The lowest BCUT2D eigenvalue weighted by Gasteiger charge is -2.39. The van der Waals surface area contributed by atoms with E-state index in [1.165, 1.54) is 22.3 Å². The first-order valence-corrected chi connectivity index (χ1v) is 10.1. The van der Waals surface area contributed by atoms with Crippen LogP contribution >= 0.6 is 0 Å². The fraction of sp³-hybridized carbons (Fsp3) is 0.231. The van der Waals surface area contributed by atoms with Crippen LogP contribution in [0.15, 0.2) is 66.7 Å². The summed E-state index contributed by atoms with van der Waals surface area (Å²) in [7, 11) is 0. The first-order chi connectivity index (χ1) is 14.2. The third-order valence-electron chi connectivity index (χ3n) is 6.70. The SMILES string of the molecule is N#CNC1c2cc(-c3cccc(C#N)c3)ccc2CC12CCc1ccccc1C2. The van der Waals surface area contributed by atoms with Gasteiger partial charge in [-0.3, -0.25) is 0 Å². The second kappa shape index (κ2) is 6.80. The van der Waals surface area contributed by atoms with Crippen LogP contribution in [0.3, 0.4) is 0 Å². The van der Waals surface area contributed by atoms with Crippen molar-refractivity contribution in [3.05, 3.63) is 94.5 Å². The minimum atomic E-state index is 0.0231. The van der Waals surface area contributed by atoms with Crippen LogP contribution in [0.5, 0.6) is 0 Å². The zero-order valence-corrected chi connectivity index (χ0v) is 16.2. The van der Waals surface area contributed by atoms with Crippen LogP contribution in [0, 0.1) is 28.2 Å². The Morgan fingerprint density at radius 3 is 2.45 bits per heavy atom. The van der Waals surface area contributed by atoms with Gasteiger partial charge in [-0.05, 0) is 77.3 Å². The summed E-state index contributed by atoms with van der Waals surface area (Å²) in [4.78, 5) is 0. The Balaban J connectivity index is 1.56. The molecule has 3 aromatic carbocycles. The molecule has 2 atom stereocenters. The lowest BCUT2D eigenvalue weighted by Crippen LogP contribution is -2.38. The Morgan fingerprint density at radius 1 is 0.828 bits per heavy atom. The molecule has 0 bridgehead atoms. The van der Waals surface area contributed by atoms with E-state index in [1.54, 1.807) is 0 Å². The number of rotatable bonds is 2. The molecule has 0 saturated carbocycles. The molecule has 2 unspecified atom stereocenters. The minimum absolute atomic E-state index is 0.0231.